The number of benzene rings is 3. The zero-order chi connectivity index (χ0) is 22.1. The molecule has 3 rings (SSSR count). The Kier molecular flexibility index (Phi) is 7.48. The van der Waals surface area contributed by atoms with E-state index in [1.165, 1.54) is 0 Å². The van der Waals surface area contributed by atoms with Gasteiger partial charge in [-0.1, -0.05) is 24.3 Å². The van der Waals surface area contributed by atoms with Gasteiger partial charge in [0.1, 0.15) is 5.75 Å². The third-order valence-corrected chi connectivity index (χ3v) is 4.29. The number of para-hydroxylation sites is 4. The summed E-state index contributed by atoms with van der Waals surface area (Å²) < 4.78 is 16.3. The summed E-state index contributed by atoms with van der Waals surface area (Å²) in [5.41, 5.74) is 1.59. The monoisotopic (exact) mass is 420 g/mol. The Morgan fingerprint density at radius 3 is 2.03 bits per heavy atom. The van der Waals surface area contributed by atoms with Gasteiger partial charge in [-0.25, -0.2) is 0 Å². The number of methoxy groups -OCH3 is 1. The lowest BCUT2D eigenvalue weighted by atomic mass is 10.2. The standard InChI is InChI=1S/C24H24N2O5/c1-3-30-21-10-6-7-11-22(21)31-16-23(27)25-18-14-12-17(13-15-18)24(28)26-19-8-4-5-9-20(19)29-2/h4-15H,3,16H2,1-2H3,(H,25,27)(H,26,28). The van der Waals surface area contributed by atoms with E-state index in [1.54, 1.807) is 55.6 Å². The molecule has 31 heavy (non-hydrogen) atoms. The van der Waals surface area contributed by atoms with Gasteiger partial charge in [-0.15, -0.1) is 0 Å². The maximum absolute atomic E-state index is 12.5. The topological polar surface area (TPSA) is 85.9 Å². The van der Waals surface area contributed by atoms with Crippen molar-refractivity contribution >= 4 is 23.2 Å². The first-order chi connectivity index (χ1) is 15.1. The maximum Gasteiger partial charge on any atom is 0.262 e. The molecule has 3 aromatic carbocycles. The number of amides is 2. The lowest BCUT2D eigenvalue weighted by Gasteiger charge is -2.12. The van der Waals surface area contributed by atoms with E-state index in [0.717, 1.165) is 0 Å². The number of carbonyl (C=O) groups excluding carboxylic acids is 2. The Morgan fingerprint density at radius 1 is 0.774 bits per heavy atom. The van der Waals surface area contributed by atoms with Crippen molar-refractivity contribution in [1.29, 1.82) is 0 Å². The molecule has 0 bridgehead atoms. The molecule has 0 aliphatic carbocycles. The van der Waals surface area contributed by atoms with Crippen molar-refractivity contribution < 1.29 is 23.8 Å². The Labute approximate surface area is 180 Å². The van der Waals surface area contributed by atoms with Crippen LogP contribution in [0.2, 0.25) is 0 Å². The van der Waals surface area contributed by atoms with Crippen LogP contribution in [0, 0.1) is 0 Å². The molecule has 0 aliphatic heterocycles. The summed E-state index contributed by atoms with van der Waals surface area (Å²) >= 11 is 0. The van der Waals surface area contributed by atoms with Gasteiger partial charge in [0.25, 0.3) is 11.8 Å². The molecule has 0 radical (unpaired) electrons. The summed E-state index contributed by atoms with van der Waals surface area (Å²) in [5, 5.41) is 5.55. The zero-order valence-electron chi connectivity index (χ0n) is 17.4. The summed E-state index contributed by atoms with van der Waals surface area (Å²) in [6.45, 7) is 2.22. The molecule has 7 nitrogen and oxygen atoms in total. The number of rotatable bonds is 9. The van der Waals surface area contributed by atoms with Gasteiger partial charge >= 0.3 is 0 Å². The first-order valence-corrected chi connectivity index (χ1v) is 9.79. The first-order valence-electron chi connectivity index (χ1n) is 9.79. The predicted molar refractivity (Wildman–Crippen MR) is 119 cm³/mol. The molecule has 0 saturated carbocycles. The quantitative estimate of drug-likeness (QED) is 0.537. The molecule has 2 amide bonds. The van der Waals surface area contributed by atoms with Gasteiger partial charge in [-0.2, -0.15) is 0 Å². The highest BCUT2D eigenvalue weighted by Gasteiger charge is 2.11. The van der Waals surface area contributed by atoms with Crippen molar-refractivity contribution in [3.8, 4) is 17.2 Å². The number of carbonyl (C=O) groups is 2. The second kappa shape index (κ2) is 10.7. The van der Waals surface area contributed by atoms with Crippen LogP contribution >= 0.6 is 0 Å². The summed E-state index contributed by atoms with van der Waals surface area (Å²) in [4.78, 5) is 24.7. The Morgan fingerprint density at radius 2 is 1.39 bits per heavy atom. The van der Waals surface area contributed by atoms with E-state index in [4.69, 9.17) is 14.2 Å². The minimum atomic E-state index is -0.322. The first kappa shape index (κ1) is 21.7. The molecule has 3 aromatic rings. The van der Waals surface area contributed by atoms with Crippen molar-refractivity contribution in [2.75, 3.05) is 31.0 Å². The SMILES string of the molecule is CCOc1ccccc1OCC(=O)Nc1ccc(C(=O)Nc2ccccc2OC)cc1. The summed E-state index contributed by atoms with van der Waals surface area (Å²) in [6, 6.07) is 20.9. The number of ether oxygens (including phenoxy) is 3. The molecule has 0 atom stereocenters. The largest absolute Gasteiger partial charge is 0.495 e. The molecule has 0 heterocycles. The smallest absolute Gasteiger partial charge is 0.262 e. The van der Waals surface area contributed by atoms with E-state index in [0.29, 0.717) is 40.8 Å². The van der Waals surface area contributed by atoms with Crippen molar-refractivity contribution in [3.63, 3.8) is 0 Å². The van der Waals surface area contributed by atoms with E-state index in [1.807, 2.05) is 31.2 Å². The van der Waals surface area contributed by atoms with Gasteiger partial charge in [0.05, 0.1) is 19.4 Å². The van der Waals surface area contributed by atoms with Crippen LogP contribution < -0.4 is 24.8 Å². The molecular formula is C24H24N2O5. The lowest BCUT2D eigenvalue weighted by molar-refractivity contribution is -0.118. The van der Waals surface area contributed by atoms with Gasteiger partial charge in [0.2, 0.25) is 0 Å². The van der Waals surface area contributed by atoms with E-state index in [-0.39, 0.29) is 18.4 Å². The highest BCUT2D eigenvalue weighted by atomic mass is 16.5. The number of anilines is 2. The summed E-state index contributed by atoms with van der Waals surface area (Å²) in [5.74, 6) is 1.06. The molecule has 0 aromatic heterocycles. The molecular weight excluding hydrogens is 396 g/mol. The summed E-state index contributed by atoms with van der Waals surface area (Å²) in [7, 11) is 1.54. The van der Waals surface area contributed by atoms with Crippen LogP contribution in [0.15, 0.2) is 72.8 Å². The number of hydrogen-bond donors (Lipinski definition) is 2. The highest BCUT2D eigenvalue weighted by molar-refractivity contribution is 6.05. The molecule has 0 aliphatic rings. The fraction of sp³-hybridized carbons (Fsp3) is 0.167. The second-order valence-electron chi connectivity index (χ2n) is 6.45. The fourth-order valence-corrected chi connectivity index (χ4v) is 2.83. The minimum absolute atomic E-state index is 0.167. The van der Waals surface area contributed by atoms with E-state index < -0.39 is 0 Å². The van der Waals surface area contributed by atoms with Gasteiger partial charge in [-0.05, 0) is 55.5 Å². The van der Waals surface area contributed by atoms with Crippen molar-refractivity contribution in [3.05, 3.63) is 78.4 Å². The van der Waals surface area contributed by atoms with E-state index in [2.05, 4.69) is 10.6 Å². The molecule has 2 N–H and O–H groups in total. The zero-order valence-corrected chi connectivity index (χ0v) is 17.4. The van der Waals surface area contributed by atoms with Crippen molar-refractivity contribution in [1.82, 2.24) is 0 Å². The van der Waals surface area contributed by atoms with Gasteiger partial charge in [0.15, 0.2) is 18.1 Å². The van der Waals surface area contributed by atoms with E-state index in [9.17, 15) is 9.59 Å². The molecule has 0 saturated heterocycles. The van der Waals surface area contributed by atoms with Crippen LogP contribution in [0.5, 0.6) is 17.2 Å². The van der Waals surface area contributed by atoms with Crippen LogP contribution in [-0.4, -0.2) is 32.1 Å². The third-order valence-electron chi connectivity index (χ3n) is 4.29. The predicted octanol–water partition coefficient (Wildman–Crippen LogP) is 4.36. The Bertz CT molecular complexity index is 1030. The van der Waals surface area contributed by atoms with Crippen LogP contribution in [0.1, 0.15) is 17.3 Å². The molecule has 0 fully saturated rings. The van der Waals surface area contributed by atoms with Crippen LogP contribution in [0.25, 0.3) is 0 Å². The maximum atomic E-state index is 12.5. The highest BCUT2D eigenvalue weighted by Crippen LogP contribution is 2.26. The van der Waals surface area contributed by atoms with Gasteiger partial charge in [0, 0.05) is 11.3 Å². The van der Waals surface area contributed by atoms with Crippen LogP contribution in [0.4, 0.5) is 11.4 Å². The number of nitrogens with one attached hydrogen (secondary N) is 2. The molecule has 0 unspecified atom stereocenters. The Hall–Kier alpha value is -4.00. The van der Waals surface area contributed by atoms with Crippen molar-refractivity contribution in [2.45, 2.75) is 6.92 Å². The molecule has 160 valence electrons. The van der Waals surface area contributed by atoms with Crippen LogP contribution in [0.3, 0.4) is 0 Å². The van der Waals surface area contributed by atoms with Gasteiger partial charge in [-0.3, -0.25) is 9.59 Å². The average molecular weight is 420 g/mol. The fourth-order valence-electron chi connectivity index (χ4n) is 2.83. The average Bonchev–Trinajstić information content (AvgIpc) is 2.79. The lowest BCUT2D eigenvalue weighted by Crippen LogP contribution is -2.20. The second-order valence-corrected chi connectivity index (χ2v) is 6.45. The van der Waals surface area contributed by atoms with E-state index >= 15 is 0 Å². The third kappa shape index (κ3) is 5.99. The van der Waals surface area contributed by atoms with Crippen LogP contribution in [-0.2, 0) is 4.79 Å². The Balaban J connectivity index is 1.55. The molecule has 0 spiro atoms. The van der Waals surface area contributed by atoms with Gasteiger partial charge < -0.3 is 24.8 Å². The number of hydrogen-bond acceptors (Lipinski definition) is 5. The van der Waals surface area contributed by atoms with Crippen molar-refractivity contribution in [2.24, 2.45) is 0 Å². The normalized spacial score (nSPS) is 10.1. The minimum Gasteiger partial charge on any atom is -0.495 e. The molecule has 7 heteroatoms. The summed E-state index contributed by atoms with van der Waals surface area (Å²) in [6.07, 6.45) is 0.